The number of hydrogen-bond acceptors (Lipinski definition) is 5. The third kappa shape index (κ3) is 4.00. The molecule has 1 N–H and O–H groups in total. The topological polar surface area (TPSA) is 71.5 Å². The maximum atomic E-state index is 12.9. The lowest BCUT2D eigenvalue weighted by molar-refractivity contribution is -0.118. The van der Waals surface area contributed by atoms with Crippen molar-refractivity contribution in [3.63, 3.8) is 0 Å². The van der Waals surface area contributed by atoms with Crippen LogP contribution in [0.3, 0.4) is 0 Å². The zero-order valence-corrected chi connectivity index (χ0v) is 17.0. The van der Waals surface area contributed by atoms with Crippen LogP contribution >= 0.6 is 11.3 Å². The average molecular weight is 407 g/mol. The minimum atomic E-state index is -0.248. The van der Waals surface area contributed by atoms with Gasteiger partial charge in [0.25, 0.3) is 5.91 Å². The Kier molecular flexibility index (Phi) is 5.31. The number of fused-ring (bicyclic) bond motifs is 1. The molecular weight excluding hydrogens is 386 g/mol. The van der Waals surface area contributed by atoms with Crippen LogP contribution in [0.1, 0.15) is 28.5 Å². The van der Waals surface area contributed by atoms with Gasteiger partial charge in [-0.15, -0.1) is 11.3 Å². The van der Waals surface area contributed by atoms with E-state index < -0.39 is 0 Å². The molecule has 1 atom stereocenters. The first-order valence-electron chi connectivity index (χ1n) is 9.35. The van der Waals surface area contributed by atoms with Gasteiger partial charge in [-0.3, -0.25) is 14.9 Å². The molecule has 7 heteroatoms. The van der Waals surface area contributed by atoms with Gasteiger partial charge in [0.2, 0.25) is 5.91 Å². The summed E-state index contributed by atoms with van der Waals surface area (Å²) >= 11 is 1.31. The highest BCUT2D eigenvalue weighted by Crippen LogP contribution is 2.32. The van der Waals surface area contributed by atoms with Crippen molar-refractivity contribution >= 4 is 34.0 Å². The third-order valence-corrected chi connectivity index (χ3v) is 5.74. The van der Waals surface area contributed by atoms with Crippen molar-refractivity contribution in [1.82, 2.24) is 4.98 Å². The van der Waals surface area contributed by atoms with Crippen molar-refractivity contribution in [3.05, 3.63) is 70.7 Å². The second kappa shape index (κ2) is 8.05. The van der Waals surface area contributed by atoms with Crippen LogP contribution in [0.2, 0.25) is 0 Å². The molecule has 2 amide bonds. The lowest BCUT2D eigenvalue weighted by Gasteiger charge is -2.22. The van der Waals surface area contributed by atoms with Gasteiger partial charge in [0.15, 0.2) is 5.13 Å². The number of para-hydroxylation sites is 1. The van der Waals surface area contributed by atoms with Crippen LogP contribution in [-0.2, 0) is 17.6 Å². The summed E-state index contributed by atoms with van der Waals surface area (Å²) in [5, 5.41) is 5.08. The second-order valence-corrected chi connectivity index (χ2v) is 7.81. The molecule has 29 heavy (non-hydrogen) atoms. The lowest BCUT2D eigenvalue weighted by Crippen LogP contribution is -2.36. The van der Waals surface area contributed by atoms with Crippen LogP contribution in [0.15, 0.2) is 53.9 Å². The molecule has 0 aliphatic carbocycles. The van der Waals surface area contributed by atoms with Gasteiger partial charge in [-0.1, -0.05) is 18.2 Å². The quantitative estimate of drug-likeness (QED) is 0.696. The summed E-state index contributed by atoms with van der Waals surface area (Å²) in [7, 11) is 1.58. The zero-order valence-electron chi connectivity index (χ0n) is 16.2. The van der Waals surface area contributed by atoms with E-state index in [2.05, 4.69) is 23.3 Å². The summed E-state index contributed by atoms with van der Waals surface area (Å²) in [6, 6.07) is 15.0. The monoisotopic (exact) mass is 407 g/mol. The fourth-order valence-electron chi connectivity index (χ4n) is 3.54. The fraction of sp³-hybridized carbons (Fsp3) is 0.227. The number of methoxy groups -OCH3 is 1. The summed E-state index contributed by atoms with van der Waals surface area (Å²) in [6.45, 7) is 2.06. The highest BCUT2D eigenvalue weighted by atomic mass is 32.1. The van der Waals surface area contributed by atoms with Gasteiger partial charge in [0, 0.05) is 22.7 Å². The van der Waals surface area contributed by atoms with Gasteiger partial charge in [0.05, 0.1) is 19.2 Å². The van der Waals surface area contributed by atoms with E-state index in [-0.39, 0.29) is 24.3 Å². The second-order valence-electron chi connectivity index (χ2n) is 6.95. The molecule has 0 spiro atoms. The summed E-state index contributed by atoms with van der Waals surface area (Å²) in [6.07, 6.45) is 1.07. The molecule has 0 unspecified atom stereocenters. The number of nitrogens with zero attached hydrogens (tertiary/aromatic N) is 2. The maximum absolute atomic E-state index is 12.9. The minimum absolute atomic E-state index is 0.0146. The maximum Gasteiger partial charge on any atom is 0.257 e. The Labute approximate surface area is 173 Å². The van der Waals surface area contributed by atoms with Crippen LogP contribution in [0.25, 0.3) is 0 Å². The number of benzene rings is 2. The number of carbonyl (C=O) groups excluding carboxylic acids is 2. The molecule has 2 aromatic carbocycles. The average Bonchev–Trinajstić information content (AvgIpc) is 3.30. The van der Waals surface area contributed by atoms with E-state index in [1.165, 1.54) is 16.9 Å². The largest absolute Gasteiger partial charge is 0.497 e. The number of anilines is 2. The Morgan fingerprint density at radius 2 is 1.97 bits per heavy atom. The van der Waals surface area contributed by atoms with Gasteiger partial charge in [0.1, 0.15) is 5.75 Å². The van der Waals surface area contributed by atoms with Crippen molar-refractivity contribution in [3.8, 4) is 5.75 Å². The number of nitrogens with one attached hydrogen (secondary N) is 1. The molecular formula is C22H21N3O3S. The molecule has 1 aliphatic rings. The van der Waals surface area contributed by atoms with Crippen molar-refractivity contribution in [2.75, 3.05) is 17.3 Å². The number of thiazole rings is 1. The Morgan fingerprint density at radius 3 is 2.72 bits per heavy atom. The van der Waals surface area contributed by atoms with E-state index in [0.29, 0.717) is 22.1 Å². The van der Waals surface area contributed by atoms with Crippen LogP contribution in [-0.4, -0.2) is 29.9 Å². The van der Waals surface area contributed by atoms with Crippen molar-refractivity contribution in [2.24, 2.45) is 0 Å². The predicted octanol–water partition coefficient (Wildman–Crippen LogP) is 3.92. The van der Waals surface area contributed by atoms with Crippen LogP contribution in [0.5, 0.6) is 5.75 Å². The molecule has 0 saturated carbocycles. The van der Waals surface area contributed by atoms with Crippen LogP contribution < -0.4 is 15.0 Å². The Bertz CT molecular complexity index is 1050. The predicted molar refractivity (Wildman–Crippen MR) is 114 cm³/mol. The van der Waals surface area contributed by atoms with E-state index in [1.54, 1.807) is 31.4 Å². The van der Waals surface area contributed by atoms with Crippen LogP contribution in [0.4, 0.5) is 10.8 Å². The van der Waals surface area contributed by atoms with E-state index in [4.69, 9.17) is 4.74 Å². The number of ether oxygens (including phenoxy) is 1. The molecule has 0 bridgehead atoms. The van der Waals surface area contributed by atoms with Crippen molar-refractivity contribution in [2.45, 2.75) is 25.8 Å². The van der Waals surface area contributed by atoms with E-state index in [0.717, 1.165) is 12.1 Å². The first-order valence-corrected chi connectivity index (χ1v) is 10.2. The zero-order chi connectivity index (χ0) is 20.4. The fourth-order valence-corrected chi connectivity index (χ4v) is 4.25. The number of rotatable bonds is 5. The highest BCUT2D eigenvalue weighted by Gasteiger charge is 2.30. The molecule has 2 heterocycles. The number of carbonyl (C=O) groups is 2. The number of hydrogen-bond donors (Lipinski definition) is 1. The molecule has 3 aromatic rings. The molecule has 1 aromatic heterocycles. The van der Waals surface area contributed by atoms with Crippen molar-refractivity contribution < 1.29 is 14.3 Å². The summed E-state index contributed by atoms with van der Waals surface area (Å²) in [5.41, 5.74) is 3.34. The Balaban J connectivity index is 1.41. The SMILES string of the molecule is COc1ccc(C(=O)Nc2nc(CC(=O)N3c4ccccc4C[C@H]3C)cs2)cc1. The van der Waals surface area contributed by atoms with E-state index >= 15 is 0 Å². The smallest absolute Gasteiger partial charge is 0.257 e. The summed E-state index contributed by atoms with van der Waals surface area (Å²) in [5.74, 6) is 0.456. The third-order valence-electron chi connectivity index (χ3n) is 4.93. The Hall–Kier alpha value is -3.19. The van der Waals surface area contributed by atoms with Gasteiger partial charge < -0.3 is 9.64 Å². The van der Waals surface area contributed by atoms with Crippen molar-refractivity contribution in [1.29, 1.82) is 0 Å². The highest BCUT2D eigenvalue weighted by molar-refractivity contribution is 7.14. The minimum Gasteiger partial charge on any atom is -0.497 e. The van der Waals surface area contributed by atoms with Gasteiger partial charge in [-0.05, 0) is 49.2 Å². The first kappa shape index (κ1) is 19.1. The molecule has 0 radical (unpaired) electrons. The molecule has 148 valence electrons. The van der Waals surface area contributed by atoms with Gasteiger partial charge in [-0.25, -0.2) is 4.98 Å². The Morgan fingerprint density at radius 1 is 1.21 bits per heavy atom. The number of amides is 2. The lowest BCUT2D eigenvalue weighted by atomic mass is 10.1. The standard InChI is InChI=1S/C22H21N3O3S/c1-14-11-16-5-3-4-6-19(16)25(14)20(26)12-17-13-29-22(23-17)24-21(27)15-7-9-18(28-2)10-8-15/h3-10,13-14H,11-12H2,1-2H3,(H,23,24,27)/t14-/m1/s1. The van der Waals surface area contributed by atoms with E-state index in [1.807, 2.05) is 28.5 Å². The first-order chi connectivity index (χ1) is 14.0. The normalized spacial score (nSPS) is 15.1. The van der Waals surface area contributed by atoms with E-state index in [9.17, 15) is 9.59 Å². The molecule has 4 rings (SSSR count). The summed E-state index contributed by atoms with van der Waals surface area (Å²) < 4.78 is 5.10. The molecule has 1 aliphatic heterocycles. The summed E-state index contributed by atoms with van der Waals surface area (Å²) in [4.78, 5) is 31.5. The molecule has 0 fully saturated rings. The van der Waals surface area contributed by atoms with Gasteiger partial charge >= 0.3 is 0 Å². The molecule has 0 saturated heterocycles. The van der Waals surface area contributed by atoms with Gasteiger partial charge in [-0.2, -0.15) is 0 Å². The molecule has 6 nitrogen and oxygen atoms in total. The van der Waals surface area contributed by atoms with Crippen LogP contribution in [0, 0.1) is 0 Å². The number of aromatic nitrogens is 1.